The quantitative estimate of drug-likeness (QED) is 0.632. The van der Waals surface area contributed by atoms with Gasteiger partial charge >= 0.3 is 5.97 Å². The number of carbonyl (C=O) groups excluding carboxylic acids is 2. The molecule has 130 valence electrons. The molecule has 0 saturated heterocycles. The van der Waals surface area contributed by atoms with E-state index in [-0.39, 0.29) is 11.0 Å². The molecule has 6 nitrogen and oxygen atoms in total. The Labute approximate surface area is 151 Å². The number of esters is 1. The minimum Gasteiger partial charge on any atom is -0.494 e. The number of benzene rings is 2. The lowest BCUT2D eigenvalue weighted by Crippen LogP contribution is -2.34. The van der Waals surface area contributed by atoms with Crippen molar-refractivity contribution in [3.8, 4) is 5.75 Å². The zero-order chi connectivity index (χ0) is 18.2. The second kappa shape index (κ2) is 8.79. The summed E-state index contributed by atoms with van der Waals surface area (Å²) in [6.45, 7) is 2.44. The fraction of sp³-hybridized carbons (Fsp3) is 0.167. The Balaban J connectivity index is 2.03. The van der Waals surface area contributed by atoms with Crippen molar-refractivity contribution in [1.82, 2.24) is 5.32 Å². The second-order valence-electron chi connectivity index (χ2n) is 4.90. The number of thiocarbonyl (C=S) groups is 1. The Hall–Kier alpha value is -2.93. The minimum absolute atomic E-state index is 0.0789. The van der Waals surface area contributed by atoms with E-state index in [0.29, 0.717) is 29.2 Å². The maximum atomic E-state index is 12.2. The Morgan fingerprint density at radius 3 is 2.40 bits per heavy atom. The summed E-state index contributed by atoms with van der Waals surface area (Å²) in [6.07, 6.45) is 0. The van der Waals surface area contributed by atoms with Crippen molar-refractivity contribution < 1.29 is 19.1 Å². The second-order valence-corrected chi connectivity index (χ2v) is 5.31. The zero-order valence-corrected chi connectivity index (χ0v) is 14.7. The molecule has 0 aromatic heterocycles. The predicted octanol–water partition coefficient (Wildman–Crippen LogP) is 3.00. The van der Waals surface area contributed by atoms with Crippen molar-refractivity contribution in [3.63, 3.8) is 0 Å². The highest BCUT2D eigenvalue weighted by molar-refractivity contribution is 7.80. The van der Waals surface area contributed by atoms with Crippen LogP contribution in [0.2, 0.25) is 0 Å². The monoisotopic (exact) mass is 358 g/mol. The van der Waals surface area contributed by atoms with Crippen LogP contribution in [0.15, 0.2) is 48.5 Å². The lowest BCUT2D eigenvalue weighted by atomic mass is 10.2. The molecule has 1 amide bonds. The van der Waals surface area contributed by atoms with Gasteiger partial charge in [0.05, 0.1) is 25.0 Å². The standard InChI is InChI=1S/C18H18N2O4S/c1-3-24-13-10-8-12(9-11-13)16(21)20-18(25)19-15-7-5-4-6-14(15)17(22)23-2/h4-11H,3H2,1-2H3,(H2,19,20,21,25). The number of anilines is 1. The van der Waals surface area contributed by atoms with E-state index in [2.05, 4.69) is 10.6 Å². The van der Waals surface area contributed by atoms with Gasteiger partial charge in [0.15, 0.2) is 5.11 Å². The molecule has 2 rings (SSSR count). The van der Waals surface area contributed by atoms with Crippen LogP contribution in [0.25, 0.3) is 0 Å². The molecule has 0 saturated carbocycles. The summed E-state index contributed by atoms with van der Waals surface area (Å²) in [5, 5.41) is 5.48. The molecule has 2 aromatic carbocycles. The molecule has 0 aliphatic rings. The molecule has 0 heterocycles. The van der Waals surface area contributed by atoms with Gasteiger partial charge in [-0.2, -0.15) is 0 Å². The highest BCUT2D eigenvalue weighted by Gasteiger charge is 2.13. The van der Waals surface area contributed by atoms with Gasteiger partial charge in [0.2, 0.25) is 0 Å². The molecule has 0 radical (unpaired) electrons. The smallest absolute Gasteiger partial charge is 0.339 e. The molecule has 0 unspecified atom stereocenters. The number of methoxy groups -OCH3 is 1. The molecular weight excluding hydrogens is 340 g/mol. The Kier molecular flexibility index (Phi) is 6.47. The SMILES string of the molecule is CCOc1ccc(C(=O)NC(=S)Nc2ccccc2C(=O)OC)cc1. The van der Waals surface area contributed by atoms with Crippen molar-refractivity contribution in [2.75, 3.05) is 19.0 Å². The number of carbonyl (C=O) groups is 2. The Morgan fingerprint density at radius 2 is 1.76 bits per heavy atom. The average molecular weight is 358 g/mol. The third-order valence-corrected chi connectivity index (χ3v) is 3.44. The Bertz CT molecular complexity index is 775. The molecule has 2 N–H and O–H groups in total. The minimum atomic E-state index is -0.497. The first-order valence-electron chi connectivity index (χ1n) is 7.57. The van der Waals surface area contributed by atoms with Crippen molar-refractivity contribution >= 4 is 34.9 Å². The normalized spacial score (nSPS) is 9.84. The van der Waals surface area contributed by atoms with E-state index in [4.69, 9.17) is 21.7 Å². The Morgan fingerprint density at radius 1 is 1.08 bits per heavy atom. The van der Waals surface area contributed by atoms with Crippen LogP contribution in [0, 0.1) is 0 Å². The molecule has 0 atom stereocenters. The first-order chi connectivity index (χ1) is 12.0. The van der Waals surface area contributed by atoms with Gasteiger partial charge in [0.1, 0.15) is 5.75 Å². The fourth-order valence-electron chi connectivity index (χ4n) is 2.08. The highest BCUT2D eigenvalue weighted by atomic mass is 32.1. The van der Waals surface area contributed by atoms with Crippen molar-refractivity contribution in [1.29, 1.82) is 0 Å². The summed E-state index contributed by atoms with van der Waals surface area (Å²) in [7, 11) is 1.30. The lowest BCUT2D eigenvalue weighted by molar-refractivity contribution is 0.0602. The van der Waals surface area contributed by atoms with Crippen molar-refractivity contribution in [2.45, 2.75) is 6.92 Å². The van der Waals surface area contributed by atoms with Crippen molar-refractivity contribution in [3.05, 3.63) is 59.7 Å². The summed E-state index contributed by atoms with van der Waals surface area (Å²) < 4.78 is 10.1. The van der Waals surface area contributed by atoms with Crippen LogP contribution in [-0.4, -0.2) is 30.7 Å². The van der Waals surface area contributed by atoms with E-state index in [9.17, 15) is 9.59 Å². The summed E-state index contributed by atoms with van der Waals surface area (Å²) in [6, 6.07) is 13.4. The summed E-state index contributed by atoms with van der Waals surface area (Å²) >= 11 is 5.14. The van der Waals surface area contributed by atoms with Gasteiger partial charge < -0.3 is 14.8 Å². The van der Waals surface area contributed by atoms with Gasteiger partial charge in [-0.05, 0) is 55.5 Å². The van der Waals surface area contributed by atoms with E-state index in [1.165, 1.54) is 7.11 Å². The molecule has 7 heteroatoms. The number of amides is 1. The van der Waals surface area contributed by atoms with Crippen molar-refractivity contribution in [2.24, 2.45) is 0 Å². The molecule has 25 heavy (non-hydrogen) atoms. The molecule has 2 aromatic rings. The van der Waals surface area contributed by atoms with Gasteiger partial charge in [-0.15, -0.1) is 0 Å². The van der Waals surface area contributed by atoms with Gasteiger partial charge in [-0.1, -0.05) is 12.1 Å². The fourth-order valence-corrected chi connectivity index (χ4v) is 2.28. The van der Waals surface area contributed by atoms with Crippen LogP contribution < -0.4 is 15.4 Å². The number of nitrogens with one attached hydrogen (secondary N) is 2. The molecule has 0 aliphatic carbocycles. The van der Waals surface area contributed by atoms with Crippen LogP contribution in [0.5, 0.6) is 5.75 Å². The third kappa shape index (κ3) is 5.02. The summed E-state index contributed by atoms with van der Waals surface area (Å²) in [5.74, 6) is -0.174. The van der Waals surface area contributed by atoms with E-state index in [1.807, 2.05) is 6.92 Å². The number of para-hydroxylation sites is 1. The van der Waals surface area contributed by atoms with E-state index in [1.54, 1.807) is 48.5 Å². The summed E-state index contributed by atoms with van der Waals surface area (Å²) in [4.78, 5) is 24.0. The summed E-state index contributed by atoms with van der Waals surface area (Å²) in [5.41, 5.74) is 1.21. The van der Waals surface area contributed by atoms with E-state index >= 15 is 0 Å². The van der Waals surface area contributed by atoms with Gasteiger partial charge in [-0.25, -0.2) is 4.79 Å². The van der Waals surface area contributed by atoms with Gasteiger partial charge in [-0.3, -0.25) is 10.1 Å². The first-order valence-corrected chi connectivity index (χ1v) is 7.98. The number of hydrogen-bond donors (Lipinski definition) is 2. The number of hydrogen-bond acceptors (Lipinski definition) is 5. The van der Waals surface area contributed by atoms with E-state index < -0.39 is 5.97 Å². The van der Waals surface area contributed by atoms with Crippen LogP contribution in [-0.2, 0) is 4.74 Å². The van der Waals surface area contributed by atoms with Crippen LogP contribution in [0.3, 0.4) is 0 Å². The lowest BCUT2D eigenvalue weighted by Gasteiger charge is -2.12. The highest BCUT2D eigenvalue weighted by Crippen LogP contribution is 2.16. The van der Waals surface area contributed by atoms with Gasteiger partial charge in [0.25, 0.3) is 5.91 Å². The van der Waals surface area contributed by atoms with Crippen LogP contribution in [0.1, 0.15) is 27.6 Å². The maximum absolute atomic E-state index is 12.2. The number of rotatable bonds is 5. The van der Waals surface area contributed by atoms with Crippen LogP contribution in [0.4, 0.5) is 5.69 Å². The van der Waals surface area contributed by atoms with Gasteiger partial charge in [0, 0.05) is 5.56 Å². The third-order valence-electron chi connectivity index (χ3n) is 3.24. The number of ether oxygens (including phenoxy) is 2. The topological polar surface area (TPSA) is 76.7 Å². The average Bonchev–Trinajstić information content (AvgIpc) is 2.62. The predicted molar refractivity (Wildman–Crippen MR) is 99.1 cm³/mol. The molecule has 0 bridgehead atoms. The first kappa shape index (κ1) is 18.4. The molecular formula is C18H18N2O4S. The van der Waals surface area contributed by atoms with Crippen LogP contribution >= 0.6 is 12.2 Å². The maximum Gasteiger partial charge on any atom is 0.339 e. The van der Waals surface area contributed by atoms with E-state index in [0.717, 1.165) is 0 Å². The molecule has 0 fully saturated rings. The molecule has 0 aliphatic heterocycles. The zero-order valence-electron chi connectivity index (χ0n) is 13.9. The largest absolute Gasteiger partial charge is 0.494 e. The molecule has 0 spiro atoms.